The van der Waals surface area contributed by atoms with Gasteiger partial charge in [0.25, 0.3) is 0 Å². The van der Waals surface area contributed by atoms with Gasteiger partial charge in [-0.1, -0.05) is 54.7 Å². The van der Waals surface area contributed by atoms with Gasteiger partial charge in [-0.2, -0.15) is 0 Å². The molecule has 26 heavy (non-hydrogen) atoms. The molecule has 3 aromatic rings. The van der Waals surface area contributed by atoms with Crippen LogP contribution in [-0.2, 0) is 16.3 Å². The zero-order chi connectivity index (χ0) is 18.3. The quantitative estimate of drug-likeness (QED) is 0.491. The lowest BCUT2D eigenvalue weighted by Gasteiger charge is -2.20. The molecule has 0 unspecified atom stereocenters. The number of sulfone groups is 1. The Bertz CT molecular complexity index is 1130. The van der Waals surface area contributed by atoms with Crippen LogP contribution in [0.4, 0.5) is 0 Å². The monoisotopic (exact) mass is 378 g/mol. The van der Waals surface area contributed by atoms with Gasteiger partial charge in [-0.3, -0.25) is 0 Å². The summed E-state index contributed by atoms with van der Waals surface area (Å²) in [4.78, 5) is 2.90. The lowest BCUT2D eigenvalue weighted by atomic mass is 9.95. The van der Waals surface area contributed by atoms with Crippen LogP contribution in [0.2, 0.25) is 0 Å². The zero-order valence-electron chi connectivity index (χ0n) is 14.4. The van der Waals surface area contributed by atoms with Crippen molar-refractivity contribution in [3.63, 3.8) is 0 Å². The predicted molar refractivity (Wildman–Crippen MR) is 108 cm³/mol. The van der Waals surface area contributed by atoms with Crippen LogP contribution in [0, 0.1) is 0 Å². The lowest BCUT2D eigenvalue weighted by molar-refractivity contribution is 0.602. The van der Waals surface area contributed by atoms with E-state index in [-0.39, 0.29) is 0 Å². The fourth-order valence-corrected chi connectivity index (χ4v) is 4.88. The highest BCUT2D eigenvalue weighted by Crippen LogP contribution is 2.40. The minimum atomic E-state index is -3.23. The highest BCUT2D eigenvalue weighted by Gasteiger charge is 2.17. The van der Waals surface area contributed by atoms with Gasteiger partial charge in [0.05, 0.1) is 4.90 Å². The Balaban J connectivity index is 1.69. The fraction of sp³-hybridized carbons (Fsp3) is 0.0909. The second-order valence-corrected chi connectivity index (χ2v) is 9.59. The van der Waals surface area contributed by atoms with Crippen LogP contribution < -0.4 is 0 Å². The first kappa shape index (κ1) is 17.1. The molecule has 0 fully saturated rings. The van der Waals surface area contributed by atoms with Gasteiger partial charge in [-0.15, -0.1) is 0 Å². The van der Waals surface area contributed by atoms with E-state index >= 15 is 0 Å². The number of hydrogen-bond acceptors (Lipinski definition) is 3. The maximum absolute atomic E-state index is 11.8. The molecule has 0 saturated heterocycles. The predicted octanol–water partition coefficient (Wildman–Crippen LogP) is 5.21. The first-order chi connectivity index (χ1) is 12.4. The van der Waals surface area contributed by atoms with Gasteiger partial charge < -0.3 is 0 Å². The van der Waals surface area contributed by atoms with Crippen LogP contribution >= 0.6 is 11.8 Å². The van der Waals surface area contributed by atoms with Crippen LogP contribution in [0.25, 0.3) is 5.57 Å². The number of benzene rings is 3. The smallest absolute Gasteiger partial charge is 0.175 e. The highest BCUT2D eigenvalue weighted by molar-refractivity contribution is 7.99. The van der Waals surface area contributed by atoms with Crippen molar-refractivity contribution in [2.45, 2.75) is 21.1 Å². The highest BCUT2D eigenvalue weighted by atomic mass is 32.2. The third kappa shape index (κ3) is 3.22. The zero-order valence-corrected chi connectivity index (χ0v) is 16.0. The number of rotatable bonds is 3. The van der Waals surface area contributed by atoms with Crippen molar-refractivity contribution in [1.29, 1.82) is 0 Å². The molecular formula is C22H18O2S2. The number of hydrogen-bond donors (Lipinski definition) is 0. The molecule has 4 rings (SSSR count). The van der Waals surface area contributed by atoms with Gasteiger partial charge in [-0.25, -0.2) is 8.42 Å². The van der Waals surface area contributed by atoms with Crippen molar-refractivity contribution in [3.05, 3.63) is 95.6 Å². The van der Waals surface area contributed by atoms with Crippen molar-refractivity contribution < 1.29 is 8.42 Å². The molecule has 0 spiro atoms. The van der Waals surface area contributed by atoms with Gasteiger partial charge in [0, 0.05) is 16.0 Å². The topological polar surface area (TPSA) is 34.1 Å². The Morgan fingerprint density at radius 1 is 0.885 bits per heavy atom. The van der Waals surface area contributed by atoms with Crippen LogP contribution in [-0.4, -0.2) is 14.7 Å². The summed E-state index contributed by atoms with van der Waals surface area (Å²) in [5.41, 5.74) is 5.31. The second-order valence-electron chi connectivity index (χ2n) is 6.49. The van der Waals surface area contributed by atoms with Gasteiger partial charge in [-0.05, 0) is 64.6 Å². The van der Waals surface area contributed by atoms with E-state index in [2.05, 4.69) is 49.0 Å². The molecule has 0 saturated carbocycles. The largest absolute Gasteiger partial charge is 0.224 e. The standard InChI is InChI=1S/C22H18O2S2/c1-15(16-7-5-8-20(14-16)26(2,23)24)17-10-11-22-19(12-17)13-18-6-3-4-9-21(18)25-22/h3-12,14H,1,13H2,2H3. The SMILES string of the molecule is C=C(c1cccc(S(C)(=O)=O)c1)c1ccc2c(c1)Cc1ccccc1S2. The summed E-state index contributed by atoms with van der Waals surface area (Å²) in [5.74, 6) is 0. The summed E-state index contributed by atoms with van der Waals surface area (Å²) in [5, 5.41) is 0. The van der Waals surface area contributed by atoms with Crippen molar-refractivity contribution >= 4 is 27.2 Å². The van der Waals surface area contributed by atoms with Gasteiger partial charge in [0.15, 0.2) is 9.84 Å². The summed E-state index contributed by atoms with van der Waals surface area (Å²) < 4.78 is 23.6. The Hall–Kier alpha value is -2.30. The molecule has 1 aliphatic rings. The first-order valence-corrected chi connectivity index (χ1v) is 11.0. The van der Waals surface area contributed by atoms with E-state index in [1.54, 1.807) is 30.0 Å². The fourth-order valence-electron chi connectivity index (χ4n) is 3.16. The Morgan fingerprint density at radius 2 is 1.62 bits per heavy atom. The van der Waals surface area contributed by atoms with Crippen LogP contribution in [0.1, 0.15) is 22.3 Å². The molecule has 0 aliphatic carbocycles. The molecule has 0 amide bonds. The van der Waals surface area contributed by atoms with E-state index in [4.69, 9.17) is 0 Å². The van der Waals surface area contributed by atoms with Gasteiger partial charge in [0.1, 0.15) is 0 Å². The Morgan fingerprint density at radius 3 is 2.42 bits per heavy atom. The van der Waals surface area contributed by atoms with Crippen molar-refractivity contribution in [2.24, 2.45) is 0 Å². The third-order valence-corrected chi connectivity index (χ3v) is 6.94. The molecule has 0 aromatic heterocycles. The van der Waals surface area contributed by atoms with E-state index in [0.717, 1.165) is 23.1 Å². The summed E-state index contributed by atoms with van der Waals surface area (Å²) in [6.07, 6.45) is 2.13. The molecule has 2 nitrogen and oxygen atoms in total. The minimum Gasteiger partial charge on any atom is -0.224 e. The molecule has 0 atom stereocenters. The first-order valence-electron chi connectivity index (χ1n) is 8.30. The lowest BCUT2D eigenvalue weighted by Crippen LogP contribution is -2.01. The van der Waals surface area contributed by atoms with Crippen molar-refractivity contribution in [2.75, 3.05) is 6.26 Å². The molecule has 3 aromatic carbocycles. The summed E-state index contributed by atoms with van der Waals surface area (Å²) >= 11 is 1.80. The average Bonchev–Trinajstić information content (AvgIpc) is 2.64. The normalized spacial score (nSPS) is 13.0. The van der Waals surface area contributed by atoms with E-state index < -0.39 is 9.84 Å². The van der Waals surface area contributed by atoms with Gasteiger partial charge >= 0.3 is 0 Å². The molecule has 0 N–H and O–H groups in total. The number of fused-ring (bicyclic) bond motifs is 2. The Kier molecular flexibility index (Phi) is 4.25. The summed E-state index contributed by atoms with van der Waals surface area (Å²) in [6.45, 7) is 4.21. The van der Waals surface area contributed by atoms with Crippen LogP contribution in [0.15, 0.2) is 88.0 Å². The maximum atomic E-state index is 11.8. The third-order valence-electron chi connectivity index (χ3n) is 4.59. The van der Waals surface area contributed by atoms with Crippen molar-refractivity contribution in [1.82, 2.24) is 0 Å². The van der Waals surface area contributed by atoms with Crippen LogP contribution in [0.3, 0.4) is 0 Å². The van der Waals surface area contributed by atoms with Crippen LogP contribution in [0.5, 0.6) is 0 Å². The van der Waals surface area contributed by atoms with Crippen molar-refractivity contribution in [3.8, 4) is 0 Å². The summed E-state index contributed by atoms with van der Waals surface area (Å²) in [7, 11) is -3.23. The molecule has 0 radical (unpaired) electrons. The molecule has 1 aliphatic heterocycles. The van der Waals surface area contributed by atoms with E-state index in [0.29, 0.717) is 4.90 Å². The average molecular weight is 379 g/mol. The maximum Gasteiger partial charge on any atom is 0.175 e. The molecular weight excluding hydrogens is 360 g/mol. The molecule has 1 heterocycles. The molecule has 4 heteroatoms. The van der Waals surface area contributed by atoms with E-state index in [1.165, 1.54) is 27.2 Å². The molecule has 130 valence electrons. The van der Waals surface area contributed by atoms with E-state index in [9.17, 15) is 8.42 Å². The van der Waals surface area contributed by atoms with Gasteiger partial charge in [0.2, 0.25) is 0 Å². The minimum absolute atomic E-state index is 0.318. The van der Waals surface area contributed by atoms with E-state index in [1.807, 2.05) is 6.07 Å². The Labute approximate surface area is 158 Å². The second kappa shape index (κ2) is 6.45. The molecule has 0 bridgehead atoms. The summed E-state index contributed by atoms with van der Waals surface area (Å²) in [6, 6.07) is 21.8.